The van der Waals surface area contributed by atoms with Crippen LogP contribution in [-0.2, 0) is 4.79 Å². The number of rotatable bonds is 6. The number of phenolic OH excluding ortho intramolecular Hbond substituents is 1. The number of phenols is 1. The van der Waals surface area contributed by atoms with Crippen molar-refractivity contribution in [1.82, 2.24) is 5.43 Å². The molecule has 0 aliphatic carbocycles. The summed E-state index contributed by atoms with van der Waals surface area (Å²) in [6.45, 7) is -0.154. The van der Waals surface area contributed by atoms with Gasteiger partial charge < -0.3 is 14.6 Å². The third-order valence-electron chi connectivity index (χ3n) is 3.76. The lowest BCUT2D eigenvalue weighted by atomic mass is 10.1. The number of hydrogen-bond donors (Lipinski definition) is 2. The molecule has 6 nitrogen and oxygen atoms in total. The highest BCUT2D eigenvalue weighted by atomic mass is 79.9. The predicted octanol–water partition coefficient (Wildman–Crippen LogP) is 3.85. The normalized spacial score (nSPS) is 10.9. The van der Waals surface area contributed by atoms with Crippen molar-refractivity contribution < 1.29 is 19.4 Å². The minimum atomic E-state index is -0.385. The zero-order chi connectivity index (χ0) is 19.2. The van der Waals surface area contributed by atoms with Crippen LogP contribution < -0.4 is 14.9 Å². The molecule has 0 saturated heterocycles. The number of ether oxygens (including phenoxy) is 2. The number of benzene rings is 3. The number of hydrogen-bond acceptors (Lipinski definition) is 5. The summed E-state index contributed by atoms with van der Waals surface area (Å²) in [5.41, 5.74) is 3.04. The van der Waals surface area contributed by atoms with Crippen LogP contribution in [0.1, 0.15) is 5.56 Å². The van der Waals surface area contributed by atoms with Crippen LogP contribution in [0.3, 0.4) is 0 Å². The quantitative estimate of drug-likeness (QED) is 0.461. The summed E-state index contributed by atoms with van der Waals surface area (Å²) >= 11 is 3.23. The fourth-order valence-electron chi connectivity index (χ4n) is 2.44. The first-order valence-corrected chi connectivity index (χ1v) is 8.86. The highest BCUT2D eigenvalue weighted by Crippen LogP contribution is 2.34. The second-order valence-electron chi connectivity index (χ2n) is 5.64. The van der Waals surface area contributed by atoms with Crippen molar-refractivity contribution in [3.05, 3.63) is 64.6 Å². The first-order chi connectivity index (χ1) is 13.1. The molecule has 0 heterocycles. The Morgan fingerprint density at radius 2 is 1.96 bits per heavy atom. The Hall–Kier alpha value is -3.06. The van der Waals surface area contributed by atoms with Crippen molar-refractivity contribution >= 4 is 38.8 Å². The van der Waals surface area contributed by atoms with E-state index in [-0.39, 0.29) is 18.3 Å². The highest BCUT2D eigenvalue weighted by molar-refractivity contribution is 9.10. The third kappa shape index (κ3) is 4.77. The zero-order valence-electron chi connectivity index (χ0n) is 14.5. The number of carbonyl (C=O) groups is 1. The molecule has 3 aromatic rings. The number of nitrogens with zero attached hydrogens (tertiary/aromatic N) is 1. The monoisotopic (exact) mass is 428 g/mol. The number of aromatic hydroxyl groups is 1. The lowest BCUT2D eigenvalue weighted by Crippen LogP contribution is -2.24. The average Bonchev–Trinajstić information content (AvgIpc) is 2.68. The van der Waals surface area contributed by atoms with Crippen molar-refractivity contribution in [2.24, 2.45) is 5.10 Å². The average molecular weight is 429 g/mol. The number of hydrazone groups is 1. The first-order valence-electron chi connectivity index (χ1n) is 8.07. The molecule has 0 saturated carbocycles. The van der Waals surface area contributed by atoms with Crippen LogP contribution in [-0.4, -0.2) is 30.9 Å². The summed E-state index contributed by atoms with van der Waals surface area (Å²) in [7, 11) is 1.45. The Balaban J connectivity index is 1.56. The maximum absolute atomic E-state index is 11.9. The van der Waals surface area contributed by atoms with Crippen molar-refractivity contribution in [2.75, 3.05) is 13.7 Å². The number of fused-ring (bicyclic) bond motifs is 1. The lowest BCUT2D eigenvalue weighted by molar-refractivity contribution is -0.123. The topological polar surface area (TPSA) is 80.2 Å². The molecule has 3 rings (SSSR count). The van der Waals surface area contributed by atoms with Crippen LogP contribution >= 0.6 is 15.9 Å². The van der Waals surface area contributed by atoms with Gasteiger partial charge in [0.1, 0.15) is 5.75 Å². The highest BCUT2D eigenvalue weighted by Gasteiger charge is 2.08. The van der Waals surface area contributed by atoms with Crippen molar-refractivity contribution in [3.8, 4) is 17.2 Å². The van der Waals surface area contributed by atoms with Gasteiger partial charge in [-0.25, -0.2) is 5.43 Å². The molecule has 0 radical (unpaired) electrons. The minimum Gasteiger partial charge on any atom is -0.503 e. The maximum Gasteiger partial charge on any atom is 0.277 e. The number of amides is 1. The van der Waals surface area contributed by atoms with Gasteiger partial charge in [0.05, 0.1) is 17.8 Å². The molecule has 1 amide bonds. The van der Waals surface area contributed by atoms with E-state index in [4.69, 9.17) is 9.47 Å². The molecule has 3 aromatic carbocycles. The maximum atomic E-state index is 11.9. The van der Waals surface area contributed by atoms with Gasteiger partial charge in [-0.1, -0.05) is 30.3 Å². The molecule has 0 aromatic heterocycles. The fourth-order valence-corrected chi connectivity index (χ4v) is 2.90. The third-order valence-corrected chi connectivity index (χ3v) is 4.37. The molecular formula is C20H17BrN2O4. The van der Waals surface area contributed by atoms with E-state index in [0.29, 0.717) is 21.5 Å². The molecule has 0 unspecified atom stereocenters. The Morgan fingerprint density at radius 1 is 1.19 bits per heavy atom. The number of halogens is 1. The number of nitrogens with one attached hydrogen (secondary N) is 1. The Morgan fingerprint density at radius 3 is 2.74 bits per heavy atom. The largest absolute Gasteiger partial charge is 0.503 e. The van der Waals surface area contributed by atoms with E-state index in [2.05, 4.69) is 26.5 Å². The van der Waals surface area contributed by atoms with Crippen LogP contribution in [0.5, 0.6) is 17.2 Å². The first kappa shape index (κ1) is 18.7. The summed E-state index contributed by atoms with van der Waals surface area (Å²) in [4.78, 5) is 11.9. The summed E-state index contributed by atoms with van der Waals surface area (Å²) in [6.07, 6.45) is 1.45. The molecule has 0 spiro atoms. The molecule has 138 valence electrons. The Labute approximate surface area is 164 Å². The van der Waals surface area contributed by atoms with E-state index < -0.39 is 0 Å². The van der Waals surface area contributed by atoms with Crippen LogP contribution in [0.4, 0.5) is 0 Å². The van der Waals surface area contributed by atoms with Crippen LogP contribution in [0.15, 0.2) is 64.2 Å². The summed E-state index contributed by atoms with van der Waals surface area (Å²) in [6, 6.07) is 16.8. The minimum absolute atomic E-state index is 0.00229. The predicted molar refractivity (Wildman–Crippen MR) is 108 cm³/mol. The number of methoxy groups -OCH3 is 1. The SMILES string of the molecule is COc1cc(C=NNC(=O)COc2ccc3ccccc3c2)cc(Br)c1O. The van der Waals surface area contributed by atoms with Gasteiger partial charge in [-0.3, -0.25) is 4.79 Å². The van der Waals surface area contributed by atoms with E-state index in [0.717, 1.165) is 10.8 Å². The summed E-state index contributed by atoms with van der Waals surface area (Å²) < 4.78 is 11.0. The van der Waals surface area contributed by atoms with E-state index in [1.165, 1.54) is 13.3 Å². The standard InChI is InChI=1S/C20H17BrN2O4/c1-26-18-9-13(8-17(21)20(18)25)11-22-23-19(24)12-27-16-7-6-14-4-2-3-5-15(14)10-16/h2-11,25H,12H2,1H3,(H,23,24). The van der Waals surface area contributed by atoms with Gasteiger partial charge >= 0.3 is 0 Å². The molecule has 0 aliphatic rings. The Kier molecular flexibility index (Phi) is 5.93. The lowest BCUT2D eigenvalue weighted by Gasteiger charge is -2.07. The van der Waals surface area contributed by atoms with Gasteiger partial charge in [-0.15, -0.1) is 0 Å². The van der Waals surface area contributed by atoms with E-state index in [1.54, 1.807) is 12.1 Å². The van der Waals surface area contributed by atoms with Crippen molar-refractivity contribution in [1.29, 1.82) is 0 Å². The molecule has 0 fully saturated rings. The molecule has 0 bridgehead atoms. The smallest absolute Gasteiger partial charge is 0.277 e. The van der Waals surface area contributed by atoms with Crippen molar-refractivity contribution in [2.45, 2.75) is 0 Å². The fraction of sp³-hybridized carbons (Fsp3) is 0.100. The van der Waals surface area contributed by atoms with Gasteiger partial charge in [-0.2, -0.15) is 5.10 Å². The van der Waals surface area contributed by atoms with Gasteiger partial charge in [0.25, 0.3) is 5.91 Å². The van der Waals surface area contributed by atoms with Gasteiger partial charge in [0.2, 0.25) is 0 Å². The molecule has 27 heavy (non-hydrogen) atoms. The zero-order valence-corrected chi connectivity index (χ0v) is 16.1. The van der Waals surface area contributed by atoms with E-state index in [1.807, 2.05) is 42.5 Å². The second-order valence-corrected chi connectivity index (χ2v) is 6.50. The summed E-state index contributed by atoms with van der Waals surface area (Å²) in [5, 5.41) is 15.8. The molecule has 7 heteroatoms. The van der Waals surface area contributed by atoms with Crippen LogP contribution in [0.25, 0.3) is 10.8 Å². The molecule has 2 N–H and O–H groups in total. The summed E-state index contributed by atoms with van der Waals surface area (Å²) in [5.74, 6) is 0.531. The van der Waals surface area contributed by atoms with Crippen LogP contribution in [0.2, 0.25) is 0 Å². The molecular weight excluding hydrogens is 412 g/mol. The molecule has 0 atom stereocenters. The molecule has 0 aliphatic heterocycles. The van der Waals surface area contributed by atoms with Crippen molar-refractivity contribution in [3.63, 3.8) is 0 Å². The van der Waals surface area contributed by atoms with E-state index >= 15 is 0 Å². The van der Waals surface area contributed by atoms with Crippen LogP contribution in [0, 0.1) is 0 Å². The van der Waals surface area contributed by atoms with E-state index in [9.17, 15) is 9.90 Å². The van der Waals surface area contributed by atoms with Gasteiger partial charge in [0, 0.05) is 0 Å². The second kappa shape index (κ2) is 8.55. The van der Waals surface area contributed by atoms with Gasteiger partial charge in [0.15, 0.2) is 18.1 Å². The number of carbonyl (C=O) groups excluding carboxylic acids is 1. The van der Waals surface area contributed by atoms with Gasteiger partial charge in [-0.05, 0) is 56.5 Å². The Bertz CT molecular complexity index is 1000.